The summed E-state index contributed by atoms with van der Waals surface area (Å²) < 4.78 is 9.91. The Morgan fingerprint density at radius 3 is 2.48 bits per heavy atom. The molecule has 1 atom stereocenters. The van der Waals surface area contributed by atoms with E-state index < -0.39 is 30.4 Å². The average molecular weight is 445 g/mol. The lowest BCUT2D eigenvalue weighted by molar-refractivity contribution is -0.151. The number of nitrogens with zero attached hydrogens (tertiary/aromatic N) is 1. The molecule has 0 aliphatic carbocycles. The molecule has 3 rings (SSSR count). The summed E-state index contributed by atoms with van der Waals surface area (Å²) in [5.74, 6) is -2.53. The highest BCUT2D eigenvalue weighted by Crippen LogP contribution is 2.33. The van der Waals surface area contributed by atoms with Crippen LogP contribution in [0.4, 0.5) is 10.7 Å². The van der Waals surface area contributed by atoms with Gasteiger partial charge in [-0.15, -0.1) is 11.3 Å². The first-order valence-electron chi connectivity index (χ1n) is 9.73. The molecule has 1 aliphatic rings. The van der Waals surface area contributed by atoms with Crippen molar-refractivity contribution in [2.24, 2.45) is 5.92 Å². The summed E-state index contributed by atoms with van der Waals surface area (Å²) in [5.41, 5.74) is 2.82. The first kappa shape index (κ1) is 22.5. The van der Waals surface area contributed by atoms with Gasteiger partial charge in [-0.3, -0.25) is 14.4 Å². The summed E-state index contributed by atoms with van der Waals surface area (Å²) in [6, 6.07) is 7.46. The van der Waals surface area contributed by atoms with Gasteiger partial charge in [0.05, 0.1) is 18.6 Å². The lowest BCUT2D eigenvalue weighted by Crippen LogP contribution is -2.28. The molecule has 31 heavy (non-hydrogen) atoms. The molecular formula is C22H24N2O6S. The van der Waals surface area contributed by atoms with Crippen LogP contribution in [0.25, 0.3) is 0 Å². The van der Waals surface area contributed by atoms with Crippen LogP contribution < -0.4 is 10.2 Å². The van der Waals surface area contributed by atoms with Crippen LogP contribution in [0.2, 0.25) is 0 Å². The highest BCUT2D eigenvalue weighted by atomic mass is 32.1. The number of carbonyl (C=O) groups is 4. The number of aryl methyl sites for hydroxylation is 2. The minimum atomic E-state index is -0.640. The number of ether oxygens (including phenoxy) is 2. The summed E-state index contributed by atoms with van der Waals surface area (Å²) in [5, 5.41) is 2.96. The molecule has 2 amide bonds. The second-order valence-corrected chi connectivity index (χ2v) is 8.60. The van der Waals surface area contributed by atoms with Gasteiger partial charge < -0.3 is 19.7 Å². The summed E-state index contributed by atoms with van der Waals surface area (Å²) in [7, 11) is 1.27. The highest BCUT2D eigenvalue weighted by Gasteiger charge is 2.36. The second kappa shape index (κ2) is 9.30. The Morgan fingerprint density at radius 1 is 1.16 bits per heavy atom. The van der Waals surface area contributed by atoms with Gasteiger partial charge in [0, 0.05) is 23.5 Å². The third kappa shape index (κ3) is 4.93. The lowest BCUT2D eigenvalue weighted by atomic mass is 10.1. The van der Waals surface area contributed by atoms with Crippen molar-refractivity contribution in [2.75, 3.05) is 30.5 Å². The Hall–Kier alpha value is -3.20. The van der Waals surface area contributed by atoms with E-state index in [1.807, 2.05) is 38.1 Å². The Kier molecular flexibility index (Phi) is 6.74. The maximum Gasteiger partial charge on any atom is 0.341 e. The molecule has 2 aromatic rings. The summed E-state index contributed by atoms with van der Waals surface area (Å²) in [6.45, 7) is 5.25. The Bertz CT molecular complexity index is 1030. The zero-order valence-electron chi connectivity index (χ0n) is 17.8. The van der Waals surface area contributed by atoms with Gasteiger partial charge in [-0.2, -0.15) is 0 Å². The number of thiophene rings is 1. The van der Waals surface area contributed by atoms with Crippen LogP contribution in [-0.4, -0.2) is 44.0 Å². The van der Waals surface area contributed by atoms with Gasteiger partial charge in [-0.1, -0.05) is 17.7 Å². The Balaban J connectivity index is 1.57. The molecule has 0 saturated carbocycles. The SMILES string of the molecule is COC(=O)c1c(NC(=O)COC(=O)C2CC(=O)N(c3ccc(C)cc3)C2)sc(C)c1C. The van der Waals surface area contributed by atoms with E-state index in [4.69, 9.17) is 9.47 Å². The van der Waals surface area contributed by atoms with Crippen LogP contribution >= 0.6 is 11.3 Å². The number of rotatable bonds is 6. The van der Waals surface area contributed by atoms with Gasteiger partial charge in [0.15, 0.2) is 6.61 Å². The normalized spacial score (nSPS) is 15.7. The number of esters is 2. The van der Waals surface area contributed by atoms with Crippen molar-refractivity contribution in [1.29, 1.82) is 0 Å². The molecule has 0 bridgehead atoms. The minimum Gasteiger partial charge on any atom is -0.465 e. The largest absolute Gasteiger partial charge is 0.465 e. The predicted molar refractivity (Wildman–Crippen MR) is 116 cm³/mol. The maximum absolute atomic E-state index is 12.4. The van der Waals surface area contributed by atoms with Gasteiger partial charge in [-0.05, 0) is 38.5 Å². The number of amides is 2. The standard InChI is InChI=1S/C22H24N2O6S/c1-12-5-7-16(8-6-12)24-10-15(9-18(24)26)21(27)30-11-17(25)23-20-19(22(28)29-4)13(2)14(3)31-20/h5-8,15H,9-11H2,1-4H3,(H,23,25). The zero-order valence-corrected chi connectivity index (χ0v) is 18.6. The monoisotopic (exact) mass is 444 g/mol. The van der Waals surface area contributed by atoms with Gasteiger partial charge in [0.2, 0.25) is 5.91 Å². The summed E-state index contributed by atoms with van der Waals surface area (Å²) >= 11 is 1.25. The smallest absolute Gasteiger partial charge is 0.341 e. The Morgan fingerprint density at radius 2 is 1.84 bits per heavy atom. The van der Waals surface area contributed by atoms with E-state index in [2.05, 4.69) is 5.32 Å². The third-order valence-electron chi connectivity index (χ3n) is 5.18. The first-order chi connectivity index (χ1) is 14.7. The van der Waals surface area contributed by atoms with E-state index in [1.165, 1.54) is 18.4 Å². The van der Waals surface area contributed by atoms with Crippen molar-refractivity contribution >= 4 is 45.8 Å². The summed E-state index contributed by atoms with van der Waals surface area (Å²) in [6.07, 6.45) is 0.0319. The fourth-order valence-corrected chi connectivity index (χ4v) is 4.38. The molecule has 1 aliphatic heterocycles. The molecule has 1 unspecified atom stereocenters. The van der Waals surface area contributed by atoms with Gasteiger partial charge >= 0.3 is 11.9 Å². The van der Waals surface area contributed by atoms with Gasteiger partial charge in [0.1, 0.15) is 5.00 Å². The third-order valence-corrected chi connectivity index (χ3v) is 6.30. The van der Waals surface area contributed by atoms with Gasteiger partial charge in [0.25, 0.3) is 5.91 Å². The Labute approximate surface area is 184 Å². The van der Waals surface area contributed by atoms with Crippen molar-refractivity contribution in [1.82, 2.24) is 0 Å². The van der Waals surface area contributed by atoms with Crippen molar-refractivity contribution < 1.29 is 28.7 Å². The van der Waals surface area contributed by atoms with E-state index in [-0.39, 0.29) is 18.9 Å². The molecule has 1 N–H and O–H groups in total. The predicted octanol–water partition coefficient (Wildman–Crippen LogP) is 2.99. The minimum absolute atomic E-state index is 0.0319. The van der Waals surface area contributed by atoms with Crippen LogP contribution in [0.3, 0.4) is 0 Å². The molecule has 8 nitrogen and oxygen atoms in total. The zero-order chi connectivity index (χ0) is 22.7. The van der Waals surface area contributed by atoms with Crippen LogP contribution in [0.1, 0.15) is 32.8 Å². The lowest BCUT2D eigenvalue weighted by Gasteiger charge is -2.16. The molecule has 9 heteroatoms. The molecule has 1 aromatic carbocycles. The molecule has 1 aromatic heterocycles. The van der Waals surface area contributed by atoms with E-state index in [1.54, 1.807) is 11.8 Å². The number of methoxy groups -OCH3 is 1. The first-order valence-corrected chi connectivity index (χ1v) is 10.5. The van der Waals surface area contributed by atoms with E-state index in [0.717, 1.165) is 21.7 Å². The molecule has 1 fully saturated rings. The van der Waals surface area contributed by atoms with Crippen LogP contribution in [0, 0.1) is 26.7 Å². The van der Waals surface area contributed by atoms with Crippen LogP contribution in [0.5, 0.6) is 0 Å². The van der Waals surface area contributed by atoms with Crippen molar-refractivity contribution in [3.05, 3.63) is 45.8 Å². The number of hydrogen-bond donors (Lipinski definition) is 1. The van der Waals surface area contributed by atoms with E-state index >= 15 is 0 Å². The topological polar surface area (TPSA) is 102 Å². The number of nitrogens with one attached hydrogen (secondary N) is 1. The molecule has 0 spiro atoms. The number of carbonyl (C=O) groups excluding carboxylic acids is 4. The maximum atomic E-state index is 12.4. The molecule has 0 radical (unpaired) electrons. The quantitative estimate of drug-likeness (QED) is 0.688. The van der Waals surface area contributed by atoms with Crippen molar-refractivity contribution in [3.63, 3.8) is 0 Å². The van der Waals surface area contributed by atoms with Crippen molar-refractivity contribution in [3.8, 4) is 0 Å². The molecule has 1 saturated heterocycles. The molecule has 2 heterocycles. The second-order valence-electron chi connectivity index (χ2n) is 7.38. The highest BCUT2D eigenvalue weighted by molar-refractivity contribution is 7.16. The van der Waals surface area contributed by atoms with Gasteiger partial charge in [-0.25, -0.2) is 4.79 Å². The fourth-order valence-electron chi connectivity index (χ4n) is 3.32. The van der Waals surface area contributed by atoms with Crippen molar-refractivity contribution in [2.45, 2.75) is 27.2 Å². The van der Waals surface area contributed by atoms with E-state index in [0.29, 0.717) is 10.6 Å². The molecular weight excluding hydrogens is 420 g/mol. The fraction of sp³-hybridized carbons (Fsp3) is 0.364. The number of anilines is 2. The number of hydrogen-bond acceptors (Lipinski definition) is 7. The summed E-state index contributed by atoms with van der Waals surface area (Å²) in [4.78, 5) is 51.4. The number of benzene rings is 1. The van der Waals surface area contributed by atoms with E-state index in [9.17, 15) is 19.2 Å². The molecule has 164 valence electrons. The average Bonchev–Trinajstić information content (AvgIpc) is 3.26. The van der Waals surface area contributed by atoms with Crippen LogP contribution in [-0.2, 0) is 23.9 Å². The van der Waals surface area contributed by atoms with Crippen LogP contribution in [0.15, 0.2) is 24.3 Å².